The molecule has 0 amide bonds. The summed E-state index contributed by atoms with van der Waals surface area (Å²) in [4.78, 5) is 14.6. The van der Waals surface area contributed by atoms with E-state index in [1.165, 1.54) is 6.20 Å². The fraction of sp³-hybridized carbons (Fsp3) is 0.143. The number of nitriles is 1. The second kappa shape index (κ2) is 5.19. The Kier molecular flexibility index (Phi) is 3.44. The van der Waals surface area contributed by atoms with Gasteiger partial charge in [0, 0.05) is 11.8 Å². The minimum atomic E-state index is -0.446. The summed E-state index contributed by atoms with van der Waals surface area (Å²) in [5, 5.41) is 9.08. The third-order valence-electron chi connectivity index (χ3n) is 2.54. The Morgan fingerprint density at radius 1 is 1.39 bits per heavy atom. The first-order chi connectivity index (χ1) is 8.77. The van der Waals surface area contributed by atoms with E-state index in [2.05, 4.69) is 11.1 Å². The number of H-pyrrole nitrogens is 1. The maximum atomic E-state index is 11.8. The summed E-state index contributed by atoms with van der Waals surface area (Å²) in [5.41, 5.74) is 2.17. The molecule has 4 heteroatoms. The molecule has 0 saturated carbocycles. The predicted molar refractivity (Wildman–Crippen MR) is 66.9 cm³/mol. The molecule has 0 unspecified atom stereocenters. The van der Waals surface area contributed by atoms with Crippen LogP contribution >= 0.6 is 0 Å². The van der Waals surface area contributed by atoms with Crippen LogP contribution in [0.2, 0.25) is 0 Å². The summed E-state index contributed by atoms with van der Waals surface area (Å²) in [5.74, 6) is -0.446. The highest BCUT2D eigenvalue weighted by Gasteiger charge is 2.19. The zero-order valence-electron chi connectivity index (χ0n) is 9.93. The van der Waals surface area contributed by atoms with Crippen molar-refractivity contribution < 1.29 is 9.53 Å². The number of aromatic amines is 1. The maximum absolute atomic E-state index is 11.8. The van der Waals surface area contributed by atoms with Crippen molar-refractivity contribution in [2.45, 2.75) is 6.92 Å². The minimum absolute atomic E-state index is 0.300. The standard InChI is InChI=1S/C14H12N2O2/c1-2-18-14(17)13-12(11(8-15)9-16-13)10-6-4-3-5-7-10/h3-7,9,16H,2H2,1H3. The van der Waals surface area contributed by atoms with Crippen LogP contribution in [0.1, 0.15) is 23.0 Å². The second-order valence-corrected chi connectivity index (χ2v) is 3.65. The summed E-state index contributed by atoms with van der Waals surface area (Å²) in [6, 6.07) is 11.4. The van der Waals surface area contributed by atoms with Crippen molar-refractivity contribution in [1.29, 1.82) is 5.26 Å². The number of hydrogen-bond donors (Lipinski definition) is 1. The number of carbonyl (C=O) groups excluding carboxylic acids is 1. The molecule has 2 aromatic rings. The molecule has 1 aromatic heterocycles. The van der Waals surface area contributed by atoms with Crippen molar-refractivity contribution in [2.24, 2.45) is 0 Å². The first kappa shape index (κ1) is 11.9. The summed E-state index contributed by atoms with van der Waals surface area (Å²) in [6.07, 6.45) is 1.52. The predicted octanol–water partition coefficient (Wildman–Crippen LogP) is 2.73. The summed E-state index contributed by atoms with van der Waals surface area (Å²) >= 11 is 0. The molecule has 18 heavy (non-hydrogen) atoms. The number of hydrogen-bond acceptors (Lipinski definition) is 3. The van der Waals surface area contributed by atoms with Crippen LogP contribution in [0.25, 0.3) is 11.1 Å². The average Bonchev–Trinajstić information content (AvgIpc) is 2.83. The first-order valence-corrected chi connectivity index (χ1v) is 5.62. The van der Waals surface area contributed by atoms with Crippen LogP contribution in [0.15, 0.2) is 36.5 Å². The normalized spacial score (nSPS) is 9.78. The SMILES string of the molecule is CCOC(=O)c1[nH]cc(C#N)c1-c1ccccc1. The Morgan fingerprint density at radius 2 is 2.11 bits per heavy atom. The van der Waals surface area contributed by atoms with Crippen LogP contribution in [-0.4, -0.2) is 17.6 Å². The fourth-order valence-corrected chi connectivity index (χ4v) is 1.78. The van der Waals surface area contributed by atoms with Crippen molar-refractivity contribution in [3.63, 3.8) is 0 Å². The van der Waals surface area contributed by atoms with E-state index in [4.69, 9.17) is 10.00 Å². The zero-order valence-corrected chi connectivity index (χ0v) is 9.93. The topological polar surface area (TPSA) is 65.9 Å². The van der Waals surface area contributed by atoms with E-state index in [0.717, 1.165) is 5.56 Å². The molecule has 0 spiro atoms. The lowest BCUT2D eigenvalue weighted by molar-refractivity contribution is 0.0521. The third-order valence-corrected chi connectivity index (χ3v) is 2.54. The van der Waals surface area contributed by atoms with E-state index in [0.29, 0.717) is 23.4 Å². The van der Waals surface area contributed by atoms with E-state index in [1.807, 2.05) is 30.3 Å². The molecule has 0 fully saturated rings. The van der Waals surface area contributed by atoms with E-state index in [1.54, 1.807) is 6.92 Å². The Bertz CT molecular complexity index is 594. The van der Waals surface area contributed by atoms with Gasteiger partial charge in [-0.1, -0.05) is 30.3 Å². The monoisotopic (exact) mass is 240 g/mol. The van der Waals surface area contributed by atoms with Crippen LogP contribution in [0, 0.1) is 11.3 Å². The fourth-order valence-electron chi connectivity index (χ4n) is 1.78. The van der Waals surface area contributed by atoms with Crippen LogP contribution in [0.4, 0.5) is 0 Å². The van der Waals surface area contributed by atoms with Crippen LogP contribution < -0.4 is 0 Å². The summed E-state index contributed by atoms with van der Waals surface area (Å²) in [7, 11) is 0. The van der Waals surface area contributed by atoms with Gasteiger partial charge >= 0.3 is 5.97 Å². The van der Waals surface area contributed by atoms with Gasteiger partial charge in [0.05, 0.1) is 12.2 Å². The van der Waals surface area contributed by atoms with Gasteiger partial charge in [0.2, 0.25) is 0 Å². The van der Waals surface area contributed by atoms with Crippen LogP contribution in [-0.2, 0) is 4.74 Å². The molecule has 0 aliphatic rings. The number of esters is 1. The van der Waals surface area contributed by atoms with Crippen LogP contribution in [0.3, 0.4) is 0 Å². The van der Waals surface area contributed by atoms with E-state index in [9.17, 15) is 4.79 Å². The smallest absolute Gasteiger partial charge is 0.355 e. The molecule has 0 aliphatic carbocycles. The maximum Gasteiger partial charge on any atom is 0.355 e. The third kappa shape index (κ3) is 2.11. The molecule has 0 atom stereocenters. The Hall–Kier alpha value is -2.54. The molecular formula is C14H12N2O2. The largest absolute Gasteiger partial charge is 0.461 e. The van der Waals surface area contributed by atoms with Gasteiger partial charge in [-0.2, -0.15) is 5.26 Å². The molecule has 2 rings (SSSR count). The summed E-state index contributed by atoms with van der Waals surface area (Å²) < 4.78 is 4.97. The molecule has 1 heterocycles. The molecule has 1 aromatic carbocycles. The lowest BCUT2D eigenvalue weighted by Gasteiger charge is -2.04. The van der Waals surface area contributed by atoms with Gasteiger partial charge < -0.3 is 9.72 Å². The van der Waals surface area contributed by atoms with Gasteiger partial charge in [-0.25, -0.2) is 4.79 Å². The molecular weight excluding hydrogens is 228 g/mol. The van der Waals surface area contributed by atoms with Gasteiger partial charge in [-0.3, -0.25) is 0 Å². The molecule has 0 radical (unpaired) electrons. The number of carbonyl (C=O) groups is 1. The molecule has 90 valence electrons. The molecule has 0 aliphatic heterocycles. The lowest BCUT2D eigenvalue weighted by Crippen LogP contribution is -2.06. The van der Waals surface area contributed by atoms with Gasteiger partial charge in [0.25, 0.3) is 0 Å². The van der Waals surface area contributed by atoms with Gasteiger partial charge in [0.15, 0.2) is 0 Å². The van der Waals surface area contributed by atoms with Crippen molar-refractivity contribution in [1.82, 2.24) is 4.98 Å². The molecule has 0 bridgehead atoms. The average molecular weight is 240 g/mol. The van der Waals surface area contributed by atoms with E-state index in [-0.39, 0.29) is 0 Å². The van der Waals surface area contributed by atoms with Crippen molar-refractivity contribution >= 4 is 5.97 Å². The highest BCUT2D eigenvalue weighted by molar-refractivity contribution is 5.97. The number of benzene rings is 1. The number of aromatic nitrogens is 1. The van der Waals surface area contributed by atoms with E-state index < -0.39 is 5.97 Å². The number of ether oxygens (including phenoxy) is 1. The van der Waals surface area contributed by atoms with Crippen LogP contribution in [0.5, 0.6) is 0 Å². The first-order valence-electron chi connectivity index (χ1n) is 5.62. The molecule has 4 nitrogen and oxygen atoms in total. The Labute approximate surface area is 105 Å². The number of nitrogens with one attached hydrogen (secondary N) is 1. The van der Waals surface area contributed by atoms with E-state index >= 15 is 0 Å². The Balaban J connectivity index is 2.54. The highest BCUT2D eigenvalue weighted by Crippen LogP contribution is 2.27. The molecule has 1 N–H and O–H groups in total. The van der Waals surface area contributed by atoms with Gasteiger partial charge in [0.1, 0.15) is 11.8 Å². The minimum Gasteiger partial charge on any atom is -0.461 e. The van der Waals surface area contributed by atoms with Gasteiger partial charge in [-0.05, 0) is 12.5 Å². The van der Waals surface area contributed by atoms with Gasteiger partial charge in [-0.15, -0.1) is 0 Å². The van der Waals surface area contributed by atoms with Crippen molar-refractivity contribution in [2.75, 3.05) is 6.61 Å². The second-order valence-electron chi connectivity index (χ2n) is 3.65. The number of nitrogens with zero attached hydrogens (tertiary/aromatic N) is 1. The summed E-state index contributed by atoms with van der Waals surface area (Å²) in [6.45, 7) is 2.04. The highest BCUT2D eigenvalue weighted by atomic mass is 16.5. The zero-order chi connectivity index (χ0) is 13.0. The number of rotatable bonds is 3. The molecule has 0 saturated heterocycles. The quantitative estimate of drug-likeness (QED) is 0.839. The lowest BCUT2D eigenvalue weighted by atomic mass is 10.0. The van der Waals surface area contributed by atoms with Crippen molar-refractivity contribution in [3.8, 4) is 17.2 Å². The Morgan fingerprint density at radius 3 is 2.72 bits per heavy atom. The van der Waals surface area contributed by atoms with Crippen molar-refractivity contribution in [3.05, 3.63) is 47.8 Å².